The van der Waals surface area contributed by atoms with Crippen LogP contribution in [-0.4, -0.2) is 44.3 Å². The van der Waals surface area contributed by atoms with E-state index >= 15 is 0 Å². The Morgan fingerprint density at radius 1 is 0.949 bits per heavy atom. The summed E-state index contributed by atoms with van der Waals surface area (Å²) in [5, 5.41) is 3.02. The molecule has 3 aromatic carbocycles. The van der Waals surface area contributed by atoms with E-state index in [2.05, 4.69) is 5.32 Å². The van der Waals surface area contributed by atoms with E-state index in [0.29, 0.717) is 6.54 Å². The number of rotatable bonds is 12. The second-order valence-electron chi connectivity index (χ2n) is 9.23. The quantitative estimate of drug-likeness (QED) is 0.269. The van der Waals surface area contributed by atoms with Crippen molar-refractivity contribution >= 4 is 50.7 Å². The van der Waals surface area contributed by atoms with Gasteiger partial charge in [0.05, 0.1) is 20.6 Å². The molecule has 0 heterocycles. The monoisotopic (exact) mass is 589 g/mol. The number of nitrogens with one attached hydrogen (secondary N) is 1. The highest BCUT2D eigenvalue weighted by atomic mass is 35.5. The first-order valence-corrected chi connectivity index (χ1v) is 14.9. The van der Waals surface area contributed by atoms with Gasteiger partial charge in [-0.1, -0.05) is 90.6 Å². The number of hydrogen-bond acceptors (Lipinski definition) is 4. The number of anilines is 1. The Morgan fingerprint density at radius 2 is 1.62 bits per heavy atom. The van der Waals surface area contributed by atoms with Crippen molar-refractivity contribution in [3.63, 3.8) is 0 Å². The van der Waals surface area contributed by atoms with Crippen molar-refractivity contribution in [1.29, 1.82) is 0 Å². The van der Waals surface area contributed by atoms with E-state index in [1.54, 1.807) is 25.1 Å². The fourth-order valence-corrected chi connectivity index (χ4v) is 5.81. The molecule has 0 bridgehead atoms. The van der Waals surface area contributed by atoms with Gasteiger partial charge >= 0.3 is 0 Å². The molecule has 0 radical (unpaired) electrons. The van der Waals surface area contributed by atoms with Crippen LogP contribution in [0.2, 0.25) is 10.0 Å². The first kappa shape index (κ1) is 30.5. The molecule has 0 aliphatic heterocycles. The molecule has 0 fully saturated rings. The Hall–Kier alpha value is -3.07. The number of carbonyl (C=O) groups is 2. The summed E-state index contributed by atoms with van der Waals surface area (Å²) in [6.07, 6.45) is 1.72. The Bertz CT molecular complexity index is 1380. The number of nitrogens with zero attached hydrogens (tertiary/aromatic N) is 2. The number of unbranched alkanes of at least 4 members (excludes halogenated alkanes) is 1. The molecular formula is C29H33Cl2N3O4S. The Kier molecular flexibility index (Phi) is 10.8. The van der Waals surface area contributed by atoms with Crippen LogP contribution in [0.3, 0.4) is 0 Å². The van der Waals surface area contributed by atoms with Crippen LogP contribution in [0.4, 0.5) is 5.69 Å². The lowest BCUT2D eigenvalue weighted by atomic mass is 10.1. The molecule has 0 saturated heterocycles. The molecule has 39 heavy (non-hydrogen) atoms. The molecule has 0 aliphatic carbocycles. The SMILES string of the molecule is CCCCNC(=O)[C@H](C)N(Cc1ccccc1)C(=O)CN(c1cccc(Cl)c1Cl)S(=O)(=O)c1ccc(C)cc1. The summed E-state index contributed by atoms with van der Waals surface area (Å²) in [5.74, 6) is -0.884. The van der Waals surface area contributed by atoms with Gasteiger partial charge in [0.15, 0.2) is 0 Å². The van der Waals surface area contributed by atoms with Gasteiger partial charge in [-0.2, -0.15) is 0 Å². The second kappa shape index (κ2) is 13.8. The number of halogens is 2. The lowest BCUT2D eigenvalue weighted by Gasteiger charge is -2.32. The molecule has 208 valence electrons. The third-order valence-electron chi connectivity index (χ3n) is 6.28. The van der Waals surface area contributed by atoms with Crippen LogP contribution in [0.1, 0.15) is 37.8 Å². The molecule has 0 saturated carbocycles. The second-order valence-corrected chi connectivity index (χ2v) is 11.9. The van der Waals surface area contributed by atoms with Crippen molar-refractivity contribution in [1.82, 2.24) is 10.2 Å². The molecule has 1 N–H and O–H groups in total. The zero-order valence-corrected chi connectivity index (χ0v) is 24.6. The number of hydrogen-bond donors (Lipinski definition) is 1. The number of amides is 2. The zero-order chi connectivity index (χ0) is 28.6. The van der Waals surface area contributed by atoms with Gasteiger partial charge in [-0.3, -0.25) is 13.9 Å². The maximum atomic E-state index is 13.9. The van der Waals surface area contributed by atoms with E-state index in [4.69, 9.17) is 23.2 Å². The highest BCUT2D eigenvalue weighted by Gasteiger charge is 2.33. The third-order valence-corrected chi connectivity index (χ3v) is 8.86. The predicted octanol–water partition coefficient (Wildman–Crippen LogP) is 5.83. The molecule has 7 nitrogen and oxygen atoms in total. The van der Waals surface area contributed by atoms with Gasteiger partial charge in [-0.15, -0.1) is 0 Å². The van der Waals surface area contributed by atoms with Crippen LogP contribution in [-0.2, 0) is 26.2 Å². The summed E-state index contributed by atoms with van der Waals surface area (Å²) in [6.45, 7) is 5.51. The summed E-state index contributed by atoms with van der Waals surface area (Å²) in [7, 11) is -4.23. The summed E-state index contributed by atoms with van der Waals surface area (Å²) < 4.78 is 28.7. The van der Waals surface area contributed by atoms with Crippen molar-refractivity contribution in [2.24, 2.45) is 0 Å². The molecule has 10 heteroatoms. The summed E-state index contributed by atoms with van der Waals surface area (Å²) >= 11 is 12.7. The molecule has 1 atom stereocenters. The lowest BCUT2D eigenvalue weighted by molar-refractivity contribution is -0.139. The maximum absolute atomic E-state index is 13.9. The molecule has 0 unspecified atom stereocenters. The molecule has 0 aliphatic rings. The summed E-state index contributed by atoms with van der Waals surface area (Å²) in [4.78, 5) is 28.3. The topological polar surface area (TPSA) is 86.8 Å². The maximum Gasteiger partial charge on any atom is 0.264 e. The molecular weight excluding hydrogens is 557 g/mol. The van der Waals surface area contributed by atoms with Crippen LogP contribution in [0.15, 0.2) is 77.7 Å². The lowest BCUT2D eigenvalue weighted by Crippen LogP contribution is -2.51. The average molecular weight is 591 g/mol. The van der Waals surface area contributed by atoms with E-state index in [9.17, 15) is 18.0 Å². The van der Waals surface area contributed by atoms with Crippen molar-refractivity contribution in [3.05, 3.63) is 94.0 Å². The minimum atomic E-state index is -4.23. The van der Waals surface area contributed by atoms with Gasteiger partial charge in [0, 0.05) is 13.1 Å². The minimum absolute atomic E-state index is 0.00243. The van der Waals surface area contributed by atoms with Crippen LogP contribution in [0, 0.1) is 6.92 Å². The largest absolute Gasteiger partial charge is 0.354 e. The van der Waals surface area contributed by atoms with Gasteiger partial charge in [-0.25, -0.2) is 8.42 Å². The van der Waals surface area contributed by atoms with Gasteiger partial charge in [-0.05, 0) is 50.1 Å². The number of carbonyl (C=O) groups excluding carboxylic acids is 2. The van der Waals surface area contributed by atoms with Crippen molar-refractivity contribution in [3.8, 4) is 0 Å². The zero-order valence-electron chi connectivity index (χ0n) is 22.2. The van der Waals surface area contributed by atoms with Crippen molar-refractivity contribution in [2.75, 3.05) is 17.4 Å². The van der Waals surface area contributed by atoms with Crippen LogP contribution >= 0.6 is 23.2 Å². The van der Waals surface area contributed by atoms with Gasteiger partial charge in [0.1, 0.15) is 12.6 Å². The number of benzene rings is 3. The highest BCUT2D eigenvalue weighted by molar-refractivity contribution is 7.92. The minimum Gasteiger partial charge on any atom is -0.354 e. The van der Waals surface area contributed by atoms with E-state index in [1.165, 1.54) is 29.2 Å². The van der Waals surface area contributed by atoms with Crippen molar-refractivity contribution < 1.29 is 18.0 Å². The molecule has 3 rings (SSSR count). The fraction of sp³-hybridized carbons (Fsp3) is 0.310. The van der Waals surface area contributed by atoms with E-state index in [0.717, 1.165) is 28.3 Å². The van der Waals surface area contributed by atoms with Crippen LogP contribution in [0.5, 0.6) is 0 Å². The standard InChI is InChI=1S/C29H33Cl2N3O4S/c1-4-5-18-32-29(36)22(3)33(19-23-10-7-6-8-11-23)27(35)20-34(26-13-9-12-25(30)28(26)31)39(37,38)24-16-14-21(2)15-17-24/h6-17,22H,4-5,18-20H2,1-3H3,(H,32,36)/t22-/m0/s1. The van der Waals surface area contributed by atoms with Crippen molar-refractivity contribution in [2.45, 2.75) is 51.1 Å². The van der Waals surface area contributed by atoms with Gasteiger partial charge < -0.3 is 10.2 Å². The van der Waals surface area contributed by atoms with E-state index < -0.39 is 28.5 Å². The first-order chi connectivity index (χ1) is 18.6. The highest BCUT2D eigenvalue weighted by Crippen LogP contribution is 2.35. The Morgan fingerprint density at radius 3 is 2.26 bits per heavy atom. The van der Waals surface area contributed by atoms with Gasteiger partial charge in [0.2, 0.25) is 11.8 Å². The molecule has 0 spiro atoms. The Labute approximate surface area is 240 Å². The Balaban J connectivity index is 2.03. The van der Waals surface area contributed by atoms with Crippen LogP contribution < -0.4 is 9.62 Å². The van der Waals surface area contributed by atoms with Crippen LogP contribution in [0.25, 0.3) is 0 Å². The first-order valence-electron chi connectivity index (χ1n) is 12.7. The molecule has 0 aromatic heterocycles. The third kappa shape index (κ3) is 7.75. The predicted molar refractivity (Wildman–Crippen MR) is 157 cm³/mol. The average Bonchev–Trinajstić information content (AvgIpc) is 2.92. The van der Waals surface area contributed by atoms with Gasteiger partial charge in [0.25, 0.3) is 10.0 Å². The molecule has 3 aromatic rings. The fourth-order valence-electron chi connectivity index (χ4n) is 3.93. The normalized spacial score (nSPS) is 12.0. The number of sulfonamides is 1. The van der Waals surface area contributed by atoms with E-state index in [-0.39, 0.29) is 33.1 Å². The summed E-state index contributed by atoms with van der Waals surface area (Å²) in [5.41, 5.74) is 1.75. The number of aryl methyl sites for hydroxylation is 1. The molecule has 2 amide bonds. The van der Waals surface area contributed by atoms with E-state index in [1.807, 2.05) is 44.2 Å². The smallest absolute Gasteiger partial charge is 0.264 e. The summed E-state index contributed by atoms with van der Waals surface area (Å²) in [6, 6.07) is 19.3.